The quantitative estimate of drug-likeness (QED) is 0.561. The Kier molecular flexibility index (Phi) is 8.00. The predicted octanol–water partition coefficient (Wildman–Crippen LogP) is 2.35. The molecule has 4 heterocycles. The lowest BCUT2D eigenvalue weighted by Gasteiger charge is -2.43. The zero-order chi connectivity index (χ0) is 28.7. The van der Waals surface area contributed by atoms with Gasteiger partial charge in [0.2, 0.25) is 5.91 Å². The van der Waals surface area contributed by atoms with E-state index in [1.807, 2.05) is 0 Å². The number of hydrogen-bond acceptors (Lipinski definition) is 6. The number of aliphatic hydroxyl groups excluding tert-OH is 1. The number of β-amino-alcohol motifs (C(OH)–C–C–N with tert-alkyl or cyclic N) is 1. The summed E-state index contributed by atoms with van der Waals surface area (Å²) in [5, 5.41) is 13.5. The van der Waals surface area contributed by atoms with E-state index in [1.165, 1.54) is 15.9 Å². The van der Waals surface area contributed by atoms with Gasteiger partial charge in [-0.05, 0) is 81.2 Å². The summed E-state index contributed by atoms with van der Waals surface area (Å²) in [4.78, 5) is 48.7. The van der Waals surface area contributed by atoms with Gasteiger partial charge in [0.05, 0.1) is 30.4 Å². The van der Waals surface area contributed by atoms with Crippen molar-refractivity contribution in [3.63, 3.8) is 0 Å². The SMILES string of the molecule is O=C([C@@H]1CCCN1C1CCNCC1)N1CCN2C(=O)c3cc(-c4ccc(Cl)cc4F)ccc3N(CCO)C(=O)[C@H]2C1. The van der Waals surface area contributed by atoms with E-state index in [2.05, 4.69) is 10.2 Å². The number of carbonyl (C=O) groups is 3. The molecular weight excluding hydrogens is 549 g/mol. The molecule has 4 aliphatic rings. The summed E-state index contributed by atoms with van der Waals surface area (Å²) in [6.07, 6.45) is 3.80. The molecule has 2 aromatic rings. The predicted molar refractivity (Wildman–Crippen MR) is 153 cm³/mol. The number of nitrogens with one attached hydrogen (secondary N) is 1. The summed E-state index contributed by atoms with van der Waals surface area (Å²) < 4.78 is 14.7. The number of piperazine rings is 1. The van der Waals surface area contributed by atoms with E-state index in [-0.39, 0.29) is 66.2 Å². The normalized spacial score (nSPS) is 23.9. The molecule has 4 aliphatic heterocycles. The van der Waals surface area contributed by atoms with Crippen LogP contribution in [-0.4, -0.2) is 108 Å². The number of hydrogen-bond donors (Lipinski definition) is 2. The van der Waals surface area contributed by atoms with Gasteiger partial charge in [0.25, 0.3) is 11.8 Å². The number of piperidine rings is 1. The maximum atomic E-state index is 14.7. The Morgan fingerprint density at radius 2 is 1.83 bits per heavy atom. The second kappa shape index (κ2) is 11.7. The van der Waals surface area contributed by atoms with Crippen molar-refractivity contribution in [2.45, 2.75) is 43.8 Å². The number of fused-ring (bicyclic) bond motifs is 2. The molecule has 0 bridgehead atoms. The number of anilines is 1. The molecule has 0 aliphatic carbocycles. The molecule has 9 nitrogen and oxygen atoms in total. The summed E-state index contributed by atoms with van der Waals surface area (Å²) in [7, 11) is 0. The highest BCUT2D eigenvalue weighted by atomic mass is 35.5. The van der Waals surface area contributed by atoms with E-state index in [9.17, 15) is 23.9 Å². The lowest BCUT2D eigenvalue weighted by Crippen LogP contribution is -2.63. The van der Waals surface area contributed by atoms with Gasteiger partial charge in [-0.2, -0.15) is 0 Å². The molecule has 0 radical (unpaired) electrons. The van der Waals surface area contributed by atoms with Gasteiger partial charge in [-0.25, -0.2) is 4.39 Å². The van der Waals surface area contributed by atoms with Crippen LogP contribution in [0, 0.1) is 5.82 Å². The third-order valence-corrected chi connectivity index (χ3v) is 9.18. The molecule has 3 saturated heterocycles. The zero-order valence-corrected chi connectivity index (χ0v) is 23.7. The number of likely N-dealkylation sites (tertiary alicyclic amines) is 1. The van der Waals surface area contributed by atoms with Crippen molar-refractivity contribution in [2.24, 2.45) is 0 Å². The molecule has 2 aromatic carbocycles. The van der Waals surface area contributed by atoms with Gasteiger partial charge in [0.1, 0.15) is 11.9 Å². The summed E-state index contributed by atoms with van der Waals surface area (Å²) in [5.74, 6) is -1.18. The maximum absolute atomic E-state index is 14.7. The Labute approximate surface area is 243 Å². The first-order chi connectivity index (χ1) is 19.9. The lowest BCUT2D eigenvalue weighted by atomic mass is 10.00. The zero-order valence-electron chi connectivity index (χ0n) is 22.9. The van der Waals surface area contributed by atoms with Gasteiger partial charge in [-0.1, -0.05) is 17.7 Å². The third-order valence-electron chi connectivity index (χ3n) is 8.94. The van der Waals surface area contributed by atoms with E-state index in [4.69, 9.17) is 11.6 Å². The van der Waals surface area contributed by atoms with Crippen LogP contribution < -0.4 is 10.2 Å². The molecular formula is C30H35ClFN5O4. The molecule has 3 fully saturated rings. The molecule has 0 saturated carbocycles. The van der Waals surface area contributed by atoms with Crippen LogP contribution in [0.3, 0.4) is 0 Å². The van der Waals surface area contributed by atoms with Gasteiger partial charge >= 0.3 is 0 Å². The number of aliphatic hydroxyl groups is 1. The van der Waals surface area contributed by atoms with Gasteiger partial charge in [-0.3, -0.25) is 19.3 Å². The number of rotatable bonds is 5. The lowest BCUT2D eigenvalue weighted by molar-refractivity contribution is -0.141. The highest BCUT2D eigenvalue weighted by molar-refractivity contribution is 6.30. The van der Waals surface area contributed by atoms with E-state index in [0.29, 0.717) is 23.8 Å². The molecule has 0 unspecified atom stereocenters. The van der Waals surface area contributed by atoms with Crippen LogP contribution in [0.2, 0.25) is 5.02 Å². The Hall–Kier alpha value is -3.05. The minimum atomic E-state index is -0.872. The fourth-order valence-corrected chi connectivity index (χ4v) is 7.05. The Morgan fingerprint density at radius 3 is 2.59 bits per heavy atom. The van der Waals surface area contributed by atoms with Crippen molar-refractivity contribution in [3.05, 3.63) is 52.8 Å². The fourth-order valence-electron chi connectivity index (χ4n) is 6.90. The first-order valence-electron chi connectivity index (χ1n) is 14.5. The molecule has 2 N–H and O–H groups in total. The van der Waals surface area contributed by atoms with Crippen LogP contribution in [0.1, 0.15) is 36.0 Å². The summed E-state index contributed by atoms with van der Waals surface area (Å²) in [6, 6.07) is 8.54. The smallest absolute Gasteiger partial charge is 0.256 e. The Bertz CT molecular complexity index is 1350. The molecule has 0 aromatic heterocycles. The molecule has 218 valence electrons. The first-order valence-corrected chi connectivity index (χ1v) is 14.8. The third kappa shape index (κ3) is 5.22. The highest BCUT2D eigenvalue weighted by Gasteiger charge is 2.46. The average Bonchev–Trinajstić information content (AvgIpc) is 3.46. The summed E-state index contributed by atoms with van der Waals surface area (Å²) in [6.45, 7) is 3.17. The molecule has 6 rings (SSSR count). The van der Waals surface area contributed by atoms with E-state index >= 15 is 0 Å². The van der Waals surface area contributed by atoms with E-state index in [1.54, 1.807) is 35.2 Å². The molecule has 3 amide bonds. The van der Waals surface area contributed by atoms with Crippen LogP contribution in [-0.2, 0) is 9.59 Å². The monoisotopic (exact) mass is 583 g/mol. The minimum absolute atomic E-state index is 0.00181. The van der Waals surface area contributed by atoms with Crippen LogP contribution in [0.15, 0.2) is 36.4 Å². The van der Waals surface area contributed by atoms with Crippen molar-refractivity contribution in [1.82, 2.24) is 20.0 Å². The summed E-state index contributed by atoms with van der Waals surface area (Å²) in [5.41, 5.74) is 1.39. The number of amides is 3. The van der Waals surface area contributed by atoms with Crippen LogP contribution in [0.4, 0.5) is 10.1 Å². The molecule has 2 atom stereocenters. The second-order valence-corrected chi connectivity index (χ2v) is 11.7. The van der Waals surface area contributed by atoms with E-state index in [0.717, 1.165) is 45.3 Å². The maximum Gasteiger partial charge on any atom is 0.256 e. The van der Waals surface area contributed by atoms with Crippen molar-refractivity contribution >= 4 is 35.0 Å². The fraction of sp³-hybridized carbons (Fsp3) is 0.500. The van der Waals surface area contributed by atoms with Crippen molar-refractivity contribution in [1.29, 1.82) is 0 Å². The second-order valence-electron chi connectivity index (χ2n) is 11.2. The van der Waals surface area contributed by atoms with Gasteiger partial charge in [0.15, 0.2) is 0 Å². The van der Waals surface area contributed by atoms with Gasteiger partial charge in [0, 0.05) is 36.3 Å². The minimum Gasteiger partial charge on any atom is -0.395 e. The number of carbonyl (C=O) groups excluding carboxylic acids is 3. The Balaban J connectivity index is 1.28. The van der Waals surface area contributed by atoms with Crippen molar-refractivity contribution in [2.75, 3.05) is 57.3 Å². The van der Waals surface area contributed by atoms with Crippen LogP contribution >= 0.6 is 11.6 Å². The first kappa shape index (κ1) is 28.1. The highest BCUT2D eigenvalue weighted by Crippen LogP contribution is 2.35. The Morgan fingerprint density at radius 1 is 1.02 bits per heavy atom. The molecule has 0 spiro atoms. The number of halogens is 2. The largest absolute Gasteiger partial charge is 0.395 e. The number of nitrogens with zero attached hydrogens (tertiary/aromatic N) is 4. The standard InChI is InChI=1S/C30H35ClFN5O4/c31-20-4-5-22(24(32)17-20)19-3-6-25-23(16-19)28(39)36-13-12-34(18-27(36)30(41)37(25)14-15-38)29(40)26-2-1-11-35(26)21-7-9-33-10-8-21/h3-6,16-17,21,26-27,33,38H,1-2,7-15,18H2/t26-,27+/m0/s1. The topological polar surface area (TPSA) is 96.4 Å². The molecule has 11 heteroatoms. The van der Waals surface area contributed by atoms with Gasteiger partial charge < -0.3 is 25.1 Å². The average molecular weight is 584 g/mol. The van der Waals surface area contributed by atoms with Crippen molar-refractivity contribution in [3.8, 4) is 11.1 Å². The van der Waals surface area contributed by atoms with Crippen LogP contribution in [0.25, 0.3) is 11.1 Å². The van der Waals surface area contributed by atoms with Gasteiger partial charge in [-0.15, -0.1) is 0 Å². The van der Waals surface area contributed by atoms with E-state index < -0.39 is 11.9 Å². The summed E-state index contributed by atoms with van der Waals surface area (Å²) >= 11 is 5.93. The van der Waals surface area contributed by atoms with Crippen LogP contribution in [0.5, 0.6) is 0 Å². The molecule has 41 heavy (non-hydrogen) atoms. The number of benzene rings is 2. The van der Waals surface area contributed by atoms with Crippen molar-refractivity contribution < 1.29 is 23.9 Å².